The van der Waals surface area contributed by atoms with Gasteiger partial charge in [-0.05, 0) is 19.6 Å². The Labute approximate surface area is 113 Å². The van der Waals surface area contributed by atoms with Crippen molar-refractivity contribution in [3.05, 3.63) is 0 Å². The second kappa shape index (κ2) is 11.2. The maximum atomic E-state index is 11.6. The van der Waals surface area contributed by atoms with Gasteiger partial charge < -0.3 is 10.1 Å². The van der Waals surface area contributed by atoms with Gasteiger partial charge >= 0.3 is 5.97 Å². The van der Waals surface area contributed by atoms with Crippen LogP contribution in [0.4, 0.5) is 0 Å². The first-order valence-electron chi connectivity index (χ1n) is 5.64. The van der Waals surface area contributed by atoms with E-state index >= 15 is 0 Å². The highest BCUT2D eigenvalue weighted by Crippen LogP contribution is 2.05. The number of carbonyl (C=O) groups excluding carboxylic acids is 1. The van der Waals surface area contributed by atoms with Crippen LogP contribution in [0.15, 0.2) is 0 Å². The summed E-state index contributed by atoms with van der Waals surface area (Å²) in [5.74, 6) is 1.74. The highest BCUT2D eigenvalue weighted by molar-refractivity contribution is 7.98. The standard InChI is InChI=1S/C11H24N2O2S2/c1-13(7-5-12-6-8-16-3)10(9-17-4)11(14)15-2/h10,12H,5-9H2,1-4H3. The molecule has 0 fully saturated rings. The van der Waals surface area contributed by atoms with Crippen molar-refractivity contribution in [2.24, 2.45) is 0 Å². The second-order valence-corrected chi connectivity index (χ2v) is 5.61. The number of methoxy groups -OCH3 is 1. The van der Waals surface area contributed by atoms with Gasteiger partial charge in [0.2, 0.25) is 0 Å². The van der Waals surface area contributed by atoms with E-state index in [2.05, 4.69) is 16.5 Å². The minimum absolute atomic E-state index is 0.141. The van der Waals surface area contributed by atoms with Crippen molar-refractivity contribution >= 4 is 29.5 Å². The zero-order valence-electron chi connectivity index (χ0n) is 11.2. The van der Waals surface area contributed by atoms with E-state index in [0.717, 1.165) is 31.1 Å². The summed E-state index contributed by atoms with van der Waals surface area (Å²) in [6, 6.07) is -0.141. The summed E-state index contributed by atoms with van der Waals surface area (Å²) in [5, 5.41) is 3.35. The van der Waals surface area contributed by atoms with Crippen LogP contribution in [0.5, 0.6) is 0 Å². The van der Waals surface area contributed by atoms with Crippen molar-refractivity contribution < 1.29 is 9.53 Å². The average molecular weight is 280 g/mol. The summed E-state index contributed by atoms with van der Waals surface area (Å²) in [4.78, 5) is 13.6. The fourth-order valence-corrected chi connectivity index (χ4v) is 2.43. The van der Waals surface area contributed by atoms with Crippen LogP contribution < -0.4 is 5.32 Å². The molecule has 0 rings (SSSR count). The predicted octanol–water partition coefficient (Wildman–Crippen LogP) is 0.775. The molecule has 0 aliphatic heterocycles. The molecule has 0 heterocycles. The molecule has 0 aromatic carbocycles. The number of nitrogens with zero attached hydrogens (tertiary/aromatic N) is 1. The van der Waals surface area contributed by atoms with E-state index in [1.165, 1.54) is 7.11 Å². The predicted molar refractivity (Wildman–Crippen MR) is 78.1 cm³/mol. The van der Waals surface area contributed by atoms with E-state index in [1.807, 2.05) is 25.1 Å². The quantitative estimate of drug-likeness (QED) is 0.471. The van der Waals surface area contributed by atoms with Crippen LogP contribution in [0.1, 0.15) is 0 Å². The largest absolute Gasteiger partial charge is 0.468 e. The fourth-order valence-electron chi connectivity index (χ4n) is 1.38. The van der Waals surface area contributed by atoms with Crippen molar-refractivity contribution in [2.45, 2.75) is 6.04 Å². The lowest BCUT2D eigenvalue weighted by molar-refractivity contribution is -0.145. The monoisotopic (exact) mass is 280 g/mol. The van der Waals surface area contributed by atoms with Crippen LogP contribution in [-0.4, -0.2) is 74.7 Å². The molecule has 1 unspecified atom stereocenters. The average Bonchev–Trinajstić information content (AvgIpc) is 2.34. The maximum absolute atomic E-state index is 11.6. The van der Waals surface area contributed by atoms with Gasteiger partial charge in [-0.1, -0.05) is 0 Å². The molecule has 0 bridgehead atoms. The van der Waals surface area contributed by atoms with Crippen LogP contribution in [-0.2, 0) is 9.53 Å². The van der Waals surface area contributed by atoms with E-state index in [9.17, 15) is 4.79 Å². The highest BCUT2D eigenvalue weighted by Gasteiger charge is 2.22. The summed E-state index contributed by atoms with van der Waals surface area (Å²) in [6.07, 6.45) is 4.10. The van der Waals surface area contributed by atoms with E-state index < -0.39 is 0 Å². The van der Waals surface area contributed by atoms with E-state index in [4.69, 9.17) is 4.74 Å². The van der Waals surface area contributed by atoms with Gasteiger partial charge in [0, 0.05) is 31.1 Å². The molecule has 102 valence electrons. The van der Waals surface area contributed by atoms with E-state index in [0.29, 0.717) is 0 Å². The maximum Gasteiger partial charge on any atom is 0.323 e. The second-order valence-electron chi connectivity index (χ2n) is 3.72. The molecular formula is C11H24N2O2S2. The molecule has 17 heavy (non-hydrogen) atoms. The van der Waals surface area contributed by atoms with Crippen molar-refractivity contribution in [1.82, 2.24) is 10.2 Å². The van der Waals surface area contributed by atoms with E-state index in [1.54, 1.807) is 11.8 Å². The summed E-state index contributed by atoms with van der Waals surface area (Å²) in [7, 11) is 3.41. The lowest BCUT2D eigenvalue weighted by Gasteiger charge is -2.25. The number of nitrogens with one attached hydrogen (secondary N) is 1. The van der Waals surface area contributed by atoms with Gasteiger partial charge in [-0.25, -0.2) is 0 Å². The summed E-state index contributed by atoms with van der Waals surface area (Å²) in [6.45, 7) is 2.77. The topological polar surface area (TPSA) is 41.6 Å². The number of esters is 1. The highest BCUT2D eigenvalue weighted by atomic mass is 32.2. The van der Waals surface area contributed by atoms with Gasteiger partial charge in [-0.2, -0.15) is 23.5 Å². The van der Waals surface area contributed by atoms with Crippen LogP contribution in [0.3, 0.4) is 0 Å². The molecule has 1 atom stereocenters. The summed E-state index contributed by atoms with van der Waals surface area (Å²) >= 11 is 3.49. The molecule has 0 saturated heterocycles. The Morgan fingerprint density at radius 1 is 1.35 bits per heavy atom. The molecule has 0 aliphatic rings. The first-order chi connectivity index (χ1) is 8.17. The van der Waals surface area contributed by atoms with Gasteiger partial charge in [-0.3, -0.25) is 9.69 Å². The molecule has 0 radical (unpaired) electrons. The fraction of sp³-hybridized carbons (Fsp3) is 0.909. The molecule has 0 aliphatic carbocycles. The number of thioether (sulfide) groups is 2. The number of hydrogen-bond donors (Lipinski definition) is 1. The number of carbonyl (C=O) groups is 1. The lowest BCUT2D eigenvalue weighted by Crippen LogP contribution is -2.44. The molecule has 0 aromatic rings. The Morgan fingerprint density at radius 2 is 2.06 bits per heavy atom. The number of rotatable bonds is 10. The zero-order chi connectivity index (χ0) is 13.1. The third-order valence-corrected chi connectivity index (χ3v) is 3.72. The molecular weight excluding hydrogens is 256 g/mol. The Bertz CT molecular complexity index is 206. The Morgan fingerprint density at radius 3 is 2.59 bits per heavy atom. The van der Waals surface area contributed by atoms with Crippen LogP contribution in [0.25, 0.3) is 0 Å². The molecule has 0 spiro atoms. The van der Waals surface area contributed by atoms with Gasteiger partial charge in [0.25, 0.3) is 0 Å². The van der Waals surface area contributed by atoms with Gasteiger partial charge in [0.05, 0.1) is 7.11 Å². The lowest BCUT2D eigenvalue weighted by atomic mass is 10.3. The van der Waals surface area contributed by atoms with Crippen molar-refractivity contribution in [3.63, 3.8) is 0 Å². The first-order valence-corrected chi connectivity index (χ1v) is 8.42. The Kier molecular flexibility index (Phi) is 11.3. The third kappa shape index (κ3) is 7.91. The SMILES string of the molecule is COC(=O)C(CSC)N(C)CCNCCSC. The van der Waals surface area contributed by atoms with E-state index in [-0.39, 0.29) is 12.0 Å². The van der Waals surface area contributed by atoms with Crippen LogP contribution in [0.2, 0.25) is 0 Å². The van der Waals surface area contributed by atoms with Crippen LogP contribution >= 0.6 is 23.5 Å². The van der Waals surface area contributed by atoms with Crippen molar-refractivity contribution in [1.29, 1.82) is 0 Å². The molecule has 6 heteroatoms. The summed E-state index contributed by atoms with van der Waals surface area (Å²) in [5.41, 5.74) is 0. The minimum atomic E-state index is -0.147. The minimum Gasteiger partial charge on any atom is -0.468 e. The number of hydrogen-bond acceptors (Lipinski definition) is 6. The number of likely N-dealkylation sites (N-methyl/N-ethyl adjacent to an activating group) is 1. The molecule has 0 amide bonds. The zero-order valence-corrected chi connectivity index (χ0v) is 12.8. The Balaban J connectivity index is 3.88. The molecule has 0 aromatic heterocycles. The molecule has 4 nitrogen and oxygen atoms in total. The van der Waals surface area contributed by atoms with Crippen molar-refractivity contribution in [2.75, 3.05) is 57.8 Å². The first kappa shape index (κ1) is 17.1. The van der Waals surface area contributed by atoms with Crippen LogP contribution in [0, 0.1) is 0 Å². The van der Waals surface area contributed by atoms with Gasteiger partial charge in [-0.15, -0.1) is 0 Å². The third-order valence-electron chi connectivity index (χ3n) is 2.45. The normalized spacial score (nSPS) is 12.8. The Hall–Kier alpha value is 0.0900. The van der Waals surface area contributed by atoms with Crippen molar-refractivity contribution in [3.8, 4) is 0 Å². The molecule has 0 saturated carbocycles. The van der Waals surface area contributed by atoms with Gasteiger partial charge in [0.1, 0.15) is 6.04 Å². The number of ether oxygens (including phenoxy) is 1. The summed E-state index contributed by atoms with van der Waals surface area (Å²) < 4.78 is 4.81. The van der Waals surface area contributed by atoms with Gasteiger partial charge in [0.15, 0.2) is 0 Å². The smallest absolute Gasteiger partial charge is 0.323 e. The molecule has 1 N–H and O–H groups in total.